The topological polar surface area (TPSA) is 35.5 Å². The molecular formula is C25H40O3. The lowest BCUT2D eigenvalue weighted by Crippen LogP contribution is -2.28. The van der Waals surface area contributed by atoms with Crippen LogP contribution in [0.1, 0.15) is 102 Å². The SMILES string of the molecule is CCCCCOC1CCC(C(=O)OC(CC)c2ccc(CCCC)cc2)CC1. The minimum absolute atomic E-state index is 0.0219. The molecule has 1 aliphatic carbocycles. The third-order valence-corrected chi connectivity index (χ3v) is 5.91. The molecule has 0 aliphatic heterocycles. The van der Waals surface area contributed by atoms with Crippen molar-refractivity contribution < 1.29 is 14.3 Å². The highest BCUT2D eigenvalue weighted by molar-refractivity contribution is 5.72. The molecule has 0 spiro atoms. The summed E-state index contributed by atoms with van der Waals surface area (Å²) in [5.74, 6) is 0.0136. The Hall–Kier alpha value is -1.35. The maximum atomic E-state index is 12.7. The molecule has 3 nitrogen and oxygen atoms in total. The average Bonchev–Trinajstić information content (AvgIpc) is 2.74. The summed E-state index contributed by atoms with van der Waals surface area (Å²) in [7, 11) is 0. The van der Waals surface area contributed by atoms with Crippen molar-refractivity contribution in [1.29, 1.82) is 0 Å². The molecule has 0 bridgehead atoms. The van der Waals surface area contributed by atoms with E-state index < -0.39 is 0 Å². The Balaban J connectivity index is 1.77. The second kappa shape index (κ2) is 13.0. The Labute approximate surface area is 172 Å². The fourth-order valence-electron chi connectivity index (χ4n) is 3.97. The second-order valence-electron chi connectivity index (χ2n) is 8.23. The molecule has 1 atom stereocenters. The summed E-state index contributed by atoms with van der Waals surface area (Å²) in [6, 6.07) is 8.63. The van der Waals surface area contributed by atoms with Gasteiger partial charge in [-0.15, -0.1) is 0 Å². The largest absolute Gasteiger partial charge is 0.457 e. The predicted octanol–water partition coefficient (Wildman–Crippen LogP) is 6.79. The van der Waals surface area contributed by atoms with Gasteiger partial charge in [-0.05, 0) is 62.5 Å². The normalized spacial score (nSPS) is 20.7. The molecule has 0 N–H and O–H groups in total. The maximum Gasteiger partial charge on any atom is 0.309 e. The number of ether oxygens (including phenoxy) is 2. The summed E-state index contributed by atoms with van der Waals surface area (Å²) in [6.45, 7) is 7.37. The smallest absolute Gasteiger partial charge is 0.309 e. The fourth-order valence-corrected chi connectivity index (χ4v) is 3.97. The lowest BCUT2D eigenvalue weighted by Gasteiger charge is -2.28. The fraction of sp³-hybridized carbons (Fsp3) is 0.720. The van der Waals surface area contributed by atoms with Crippen molar-refractivity contribution in [2.45, 2.75) is 104 Å². The number of carbonyl (C=O) groups excluding carboxylic acids is 1. The Morgan fingerprint density at radius 1 is 0.964 bits per heavy atom. The van der Waals surface area contributed by atoms with E-state index in [4.69, 9.17) is 9.47 Å². The van der Waals surface area contributed by atoms with Crippen LogP contribution >= 0.6 is 0 Å². The lowest BCUT2D eigenvalue weighted by atomic mass is 9.87. The summed E-state index contributed by atoms with van der Waals surface area (Å²) in [5.41, 5.74) is 2.48. The molecule has 3 heteroatoms. The van der Waals surface area contributed by atoms with Gasteiger partial charge in [0.05, 0.1) is 12.0 Å². The monoisotopic (exact) mass is 388 g/mol. The molecule has 28 heavy (non-hydrogen) atoms. The zero-order valence-corrected chi connectivity index (χ0v) is 18.3. The van der Waals surface area contributed by atoms with E-state index in [1.165, 1.54) is 31.2 Å². The molecule has 0 saturated heterocycles. The Morgan fingerprint density at radius 3 is 2.25 bits per heavy atom. The van der Waals surface area contributed by atoms with Crippen LogP contribution < -0.4 is 0 Å². The van der Waals surface area contributed by atoms with Crippen LogP contribution in [0.25, 0.3) is 0 Å². The summed E-state index contributed by atoms with van der Waals surface area (Å²) >= 11 is 0. The number of rotatable bonds is 12. The van der Waals surface area contributed by atoms with Crippen molar-refractivity contribution in [2.75, 3.05) is 6.61 Å². The Morgan fingerprint density at radius 2 is 1.64 bits per heavy atom. The number of carbonyl (C=O) groups is 1. The number of hydrogen-bond acceptors (Lipinski definition) is 3. The molecule has 0 aromatic heterocycles. The van der Waals surface area contributed by atoms with Crippen LogP contribution in [-0.4, -0.2) is 18.7 Å². The first-order valence-electron chi connectivity index (χ1n) is 11.6. The van der Waals surface area contributed by atoms with Gasteiger partial charge in [-0.25, -0.2) is 0 Å². The van der Waals surface area contributed by atoms with Gasteiger partial charge in [0.15, 0.2) is 0 Å². The molecule has 1 saturated carbocycles. The first-order chi connectivity index (χ1) is 13.7. The highest BCUT2D eigenvalue weighted by atomic mass is 16.5. The molecule has 1 aliphatic rings. The molecule has 1 fully saturated rings. The van der Waals surface area contributed by atoms with E-state index in [0.29, 0.717) is 6.10 Å². The second-order valence-corrected chi connectivity index (χ2v) is 8.23. The van der Waals surface area contributed by atoms with Crippen molar-refractivity contribution in [2.24, 2.45) is 5.92 Å². The van der Waals surface area contributed by atoms with Gasteiger partial charge in [-0.1, -0.05) is 64.3 Å². The Kier molecular flexibility index (Phi) is 10.6. The van der Waals surface area contributed by atoms with E-state index in [1.807, 2.05) is 0 Å². The summed E-state index contributed by atoms with van der Waals surface area (Å²) < 4.78 is 11.9. The number of unbranched alkanes of at least 4 members (excludes halogenated alkanes) is 3. The molecule has 2 rings (SSSR count). The van der Waals surface area contributed by atoms with Gasteiger partial charge in [-0.3, -0.25) is 4.79 Å². The van der Waals surface area contributed by atoms with Crippen LogP contribution in [0.15, 0.2) is 24.3 Å². The van der Waals surface area contributed by atoms with E-state index in [9.17, 15) is 4.79 Å². The van der Waals surface area contributed by atoms with Crippen LogP contribution in [0.2, 0.25) is 0 Å². The first-order valence-corrected chi connectivity index (χ1v) is 11.6. The quantitative estimate of drug-likeness (QED) is 0.292. The summed E-state index contributed by atoms with van der Waals surface area (Å²) in [6.07, 6.45) is 11.9. The van der Waals surface area contributed by atoms with E-state index in [2.05, 4.69) is 45.0 Å². The number of benzene rings is 1. The first kappa shape index (κ1) is 22.9. The standard InChI is InChI=1S/C25H40O3/c1-4-7-9-19-27-23-17-15-22(16-18-23)25(26)28-24(6-3)21-13-11-20(12-14-21)10-8-5-2/h11-14,22-24H,4-10,15-19H2,1-3H3. The van der Waals surface area contributed by atoms with Gasteiger partial charge in [0.25, 0.3) is 0 Å². The molecule has 1 unspecified atom stereocenters. The number of aryl methyl sites for hydroxylation is 1. The number of esters is 1. The minimum atomic E-state index is -0.129. The molecule has 0 heterocycles. The maximum absolute atomic E-state index is 12.7. The summed E-state index contributed by atoms with van der Waals surface area (Å²) in [5, 5.41) is 0. The van der Waals surface area contributed by atoms with Gasteiger partial charge < -0.3 is 9.47 Å². The van der Waals surface area contributed by atoms with Crippen molar-refractivity contribution in [1.82, 2.24) is 0 Å². The molecule has 158 valence electrons. The van der Waals surface area contributed by atoms with Crippen molar-refractivity contribution in [3.63, 3.8) is 0 Å². The molecule has 0 amide bonds. The van der Waals surface area contributed by atoms with Gasteiger partial charge >= 0.3 is 5.97 Å². The molecular weight excluding hydrogens is 348 g/mol. The van der Waals surface area contributed by atoms with Crippen LogP contribution in [0.4, 0.5) is 0 Å². The van der Waals surface area contributed by atoms with Crippen LogP contribution in [0.5, 0.6) is 0 Å². The van der Waals surface area contributed by atoms with E-state index in [1.54, 1.807) is 0 Å². The molecule has 1 aromatic carbocycles. The Bertz CT molecular complexity index is 543. The van der Waals surface area contributed by atoms with Crippen LogP contribution in [-0.2, 0) is 20.7 Å². The zero-order valence-electron chi connectivity index (χ0n) is 18.3. The lowest BCUT2D eigenvalue weighted by molar-refractivity contribution is -0.156. The highest BCUT2D eigenvalue weighted by Crippen LogP contribution is 2.30. The highest BCUT2D eigenvalue weighted by Gasteiger charge is 2.29. The number of hydrogen-bond donors (Lipinski definition) is 0. The van der Waals surface area contributed by atoms with Crippen LogP contribution in [0, 0.1) is 5.92 Å². The van der Waals surface area contributed by atoms with Crippen molar-refractivity contribution in [3.8, 4) is 0 Å². The van der Waals surface area contributed by atoms with Gasteiger partial charge in [-0.2, -0.15) is 0 Å². The van der Waals surface area contributed by atoms with Gasteiger partial charge in [0.2, 0.25) is 0 Å². The minimum Gasteiger partial charge on any atom is -0.457 e. The van der Waals surface area contributed by atoms with E-state index in [0.717, 1.165) is 57.1 Å². The molecule has 1 aromatic rings. The van der Waals surface area contributed by atoms with E-state index in [-0.39, 0.29) is 18.0 Å². The van der Waals surface area contributed by atoms with Crippen molar-refractivity contribution >= 4 is 5.97 Å². The average molecular weight is 389 g/mol. The predicted molar refractivity (Wildman–Crippen MR) is 115 cm³/mol. The van der Waals surface area contributed by atoms with Gasteiger partial charge in [0, 0.05) is 6.61 Å². The third kappa shape index (κ3) is 7.58. The third-order valence-electron chi connectivity index (χ3n) is 5.91. The van der Waals surface area contributed by atoms with Crippen molar-refractivity contribution in [3.05, 3.63) is 35.4 Å². The van der Waals surface area contributed by atoms with Crippen LogP contribution in [0.3, 0.4) is 0 Å². The summed E-state index contributed by atoms with van der Waals surface area (Å²) in [4.78, 5) is 12.7. The van der Waals surface area contributed by atoms with Gasteiger partial charge in [0.1, 0.15) is 6.10 Å². The zero-order chi connectivity index (χ0) is 20.2. The van der Waals surface area contributed by atoms with E-state index >= 15 is 0 Å². The molecule has 0 radical (unpaired) electrons.